The van der Waals surface area contributed by atoms with Crippen LogP contribution in [0.2, 0.25) is 0 Å². The van der Waals surface area contributed by atoms with Gasteiger partial charge in [0.15, 0.2) is 0 Å². The molecule has 0 atom stereocenters. The summed E-state index contributed by atoms with van der Waals surface area (Å²) >= 11 is 3.00. The molecule has 1 aromatic carbocycles. The van der Waals surface area contributed by atoms with Crippen LogP contribution >= 0.6 is 15.9 Å². The van der Waals surface area contributed by atoms with E-state index in [2.05, 4.69) is 15.9 Å². The Bertz CT molecular complexity index is 711. The summed E-state index contributed by atoms with van der Waals surface area (Å²) in [7, 11) is 0. The fourth-order valence-corrected chi connectivity index (χ4v) is 2.27. The second-order valence-corrected chi connectivity index (χ2v) is 5.03. The zero-order chi connectivity index (χ0) is 14.7. The van der Waals surface area contributed by atoms with E-state index >= 15 is 0 Å². The van der Waals surface area contributed by atoms with Crippen LogP contribution in [-0.2, 0) is 13.1 Å². The summed E-state index contributed by atoms with van der Waals surface area (Å²) in [6.07, 6.45) is -1.44. The second kappa shape index (κ2) is 6.13. The van der Waals surface area contributed by atoms with Gasteiger partial charge in [-0.2, -0.15) is 0 Å². The molecule has 0 N–H and O–H groups in total. The van der Waals surface area contributed by atoms with Crippen molar-refractivity contribution in [1.29, 1.82) is 0 Å². The molecule has 0 aliphatic rings. The molecule has 0 radical (unpaired) electrons. The molecule has 1 heterocycles. The van der Waals surface area contributed by atoms with Crippen molar-refractivity contribution in [2.24, 2.45) is 0 Å². The summed E-state index contributed by atoms with van der Waals surface area (Å²) < 4.78 is 26.7. The van der Waals surface area contributed by atoms with E-state index in [4.69, 9.17) is 0 Å². The second-order valence-electron chi connectivity index (χ2n) is 4.18. The molecule has 0 bridgehead atoms. The molecule has 0 aliphatic carbocycles. The molecule has 2 rings (SSSR count). The number of nitrogens with zero attached hydrogens (tertiary/aromatic N) is 2. The monoisotopic (exact) mass is 344 g/mol. The van der Waals surface area contributed by atoms with Crippen LogP contribution in [0.1, 0.15) is 5.56 Å². The normalized spacial score (nSPS) is 11.0. The Morgan fingerprint density at radius 2 is 1.80 bits per heavy atom. The molecule has 0 aliphatic heterocycles. The van der Waals surface area contributed by atoms with E-state index in [9.17, 15) is 18.4 Å². The van der Waals surface area contributed by atoms with Gasteiger partial charge in [0.2, 0.25) is 0 Å². The van der Waals surface area contributed by atoms with E-state index in [-0.39, 0.29) is 11.0 Å². The lowest BCUT2D eigenvalue weighted by molar-refractivity contribution is 0.122. The Morgan fingerprint density at radius 3 is 2.40 bits per heavy atom. The third-order valence-electron chi connectivity index (χ3n) is 2.71. The number of benzene rings is 1. The van der Waals surface area contributed by atoms with Crippen molar-refractivity contribution < 1.29 is 8.78 Å². The first-order chi connectivity index (χ1) is 9.49. The third-order valence-corrected chi connectivity index (χ3v) is 3.26. The maximum atomic E-state index is 12.4. The van der Waals surface area contributed by atoms with Crippen LogP contribution in [0.15, 0.2) is 50.6 Å². The first-order valence-corrected chi connectivity index (χ1v) is 6.60. The van der Waals surface area contributed by atoms with Gasteiger partial charge in [0.1, 0.15) is 0 Å². The van der Waals surface area contributed by atoms with Crippen LogP contribution in [0.5, 0.6) is 0 Å². The maximum Gasteiger partial charge on any atom is 0.331 e. The van der Waals surface area contributed by atoms with Gasteiger partial charge in [0.25, 0.3) is 12.0 Å². The molecule has 1 aromatic heterocycles. The van der Waals surface area contributed by atoms with Gasteiger partial charge in [-0.3, -0.25) is 13.9 Å². The van der Waals surface area contributed by atoms with Crippen LogP contribution in [0.3, 0.4) is 0 Å². The van der Waals surface area contributed by atoms with Crippen molar-refractivity contribution in [2.45, 2.75) is 19.5 Å². The van der Waals surface area contributed by atoms with Gasteiger partial charge >= 0.3 is 5.69 Å². The van der Waals surface area contributed by atoms with Crippen molar-refractivity contribution in [3.8, 4) is 0 Å². The molecule has 106 valence electrons. The molecule has 4 nitrogen and oxygen atoms in total. The summed E-state index contributed by atoms with van der Waals surface area (Å²) in [6.45, 7) is -0.701. The SMILES string of the molecule is O=c1c(Br)cn(Cc2ccccc2)c(=O)n1CC(F)F. The molecule has 2 aromatic rings. The first-order valence-electron chi connectivity index (χ1n) is 5.81. The molecule has 0 fully saturated rings. The molecule has 0 saturated carbocycles. The van der Waals surface area contributed by atoms with E-state index in [0.717, 1.165) is 5.56 Å². The third kappa shape index (κ3) is 3.22. The lowest BCUT2D eigenvalue weighted by atomic mass is 10.2. The summed E-state index contributed by atoms with van der Waals surface area (Å²) in [5.74, 6) is 0. The highest BCUT2D eigenvalue weighted by Crippen LogP contribution is 2.05. The molecular formula is C13H11BrF2N2O2. The van der Waals surface area contributed by atoms with Crippen molar-refractivity contribution in [3.05, 3.63) is 67.4 Å². The molecule has 7 heteroatoms. The van der Waals surface area contributed by atoms with Gasteiger partial charge in [-0.1, -0.05) is 30.3 Å². The van der Waals surface area contributed by atoms with Gasteiger partial charge in [-0.15, -0.1) is 0 Å². The van der Waals surface area contributed by atoms with E-state index in [1.807, 2.05) is 30.3 Å². The Morgan fingerprint density at radius 1 is 1.15 bits per heavy atom. The van der Waals surface area contributed by atoms with E-state index in [0.29, 0.717) is 4.57 Å². The largest absolute Gasteiger partial charge is 0.331 e. The predicted octanol–water partition coefficient (Wildman–Crippen LogP) is 2.09. The van der Waals surface area contributed by atoms with Crippen molar-refractivity contribution in [2.75, 3.05) is 0 Å². The van der Waals surface area contributed by atoms with E-state index in [1.54, 1.807) is 0 Å². The van der Waals surface area contributed by atoms with Gasteiger partial charge in [0, 0.05) is 6.20 Å². The quantitative estimate of drug-likeness (QED) is 0.852. The topological polar surface area (TPSA) is 44.0 Å². The van der Waals surface area contributed by atoms with E-state index in [1.165, 1.54) is 10.8 Å². The molecule has 0 amide bonds. The van der Waals surface area contributed by atoms with E-state index < -0.39 is 24.2 Å². The van der Waals surface area contributed by atoms with Crippen molar-refractivity contribution in [1.82, 2.24) is 9.13 Å². The minimum absolute atomic E-state index is 0.0775. The molecule has 0 saturated heterocycles. The van der Waals surface area contributed by atoms with Crippen molar-refractivity contribution >= 4 is 15.9 Å². The molecule has 20 heavy (non-hydrogen) atoms. The fourth-order valence-electron chi connectivity index (χ4n) is 1.81. The lowest BCUT2D eigenvalue weighted by Gasteiger charge is -2.11. The highest BCUT2D eigenvalue weighted by Gasteiger charge is 2.14. The highest BCUT2D eigenvalue weighted by atomic mass is 79.9. The lowest BCUT2D eigenvalue weighted by Crippen LogP contribution is -2.41. The van der Waals surface area contributed by atoms with Gasteiger partial charge in [0.05, 0.1) is 17.6 Å². The minimum atomic E-state index is -2.76. The average Bonchev–Trinajstić information content (AvgIpc) is 2.42. The van der Waals surface area contributed by atoms with Gasteiger partial charge in [-0.25, -0.2) is 13.6 Å². The summed E-state index contributed by atoms with van der Waals surface area (Å²) in [5.41, 5.74) is -0.661. The molecule has 0 spiro atoms. The molecule has 0 unspecified atom stereocenters. The molecular weight excluding hydrogens is 334 g/mol. The van der Waals surface area contributed by atoms with Gasteiger partial charge in [-0.05, 0) is 21.5 Å². The summed E-state index contributed by atoms with van der Waals surface area (Å²) in [5, 5.41) is 0. The Labute approximate surface area is 121 Å². The van der Waals surface area contributed by atoms with Crippen LogP contribution in [0, 0.1) is 0 Å². The number of rotatable bonds is 4. The zero-order valence-electron chi connectivity index (χ0n) is 10.3. The number of alkyl halides is 2. The number of aromatic nitrogens is 2. The van der Waals surface area contributed by atoms with Crippen LogP contribution in [-0.4, -0.2) is 15.6 Å². The zero-order valence-corrected chi connectivity index (χ0v) is 11.9. The minimum Gasteiger partial charge on any atom is -0.295 e. The smallest absolute Gasteiger partial charge is 0.295 e. The summed E-state index contributed by atoms with van der Waals surface area (Å²) in [4.78, 5) is 23.8. The van der Waals surface area contributed by atoms with Crippen molar-refractivity contribution in [3.63, 3.8) is 0 Å². The van der Waals surface area contributed by atoms with Crippen LogP contribution in [0.25, 0.3) is 0 Å². The van der Waals surface area contributed by atoms with Gasteiger partial charge < -0.3 is 0 Å². The standard InChI is InChI=1S/C13H11BrF2N2O2/c14-10-7-17(6-9-4-2-1-3-5-9)13(20)18(12(10)19)8-11(15)16/h1-5,7,11H,6,8H2. The Hall–Kier alpha value is -1.76. The average molecular weight is 345 g/mol. The summed E-state index contributed by atoms with van der Waals surface area (Å²) in [6, 6.07) is 9.07. The Balaban J connectivity index is 2.47. The number of hydrogen-bond acceptors (Lipinski definition) is 2. The number of halogens is 3. The van der Waals surface area contributed by atoms with Crippen LogP contribution in [0.4, 0.5) is 8.78 Å². The maximum absolute atomic E-state index is 12.4. The number of hydrogen-bond donors (Lipinski definition) is 0. The predicted molar refractivity (Wildman–Crippen MR) is 74.2 cm³/mol. The van der Waals surface area contributed by atoms with Crippen LogP contribution < -0.4 is 11.2 Å². The highest BCUT2D eigenvalue weighted by molar-refractivity contribution is 9.10. The Kier molecular flexibility index (Phi) is 4.49. The first kappa shape index (κ1) is 14.6. The fraction of sp³-hybridized carbons (Fsp3) is 0.231.